The van der Waals surface area contributed by atoms with Crippen molar-refractivity contribution in [3.05, 3.63) is 23.9 Å². The van der Waals surface area contributed by atoms with Gasteiger partial charge in [0, 0.05) is 17.8 Å². The molecule has 1 aliphatic carbocycles. The van der Waals surface area contributed by atoms with Gasteiger partial charge in [0.1, 0.15) is 0 Å². The molecule has 0 atom stereocenters. The number of aliphatic hydroxyl groups is 1. The average Bonchev–Trinajstić information content (AvgIpc) is 2.53. The van der Waals surface area contributed by atoms with E-state index in [-0.39, 0.29) is 5.60 Å². The third-order valence-electron chi connectivity index (χ3n) is 4.56. The van der Waals surface area contributed by atoms with Crippen molar-refractivity contribution in [2.24, 2.45) is 0 Å². The summed E-state index contributed by atoms with van der Waals surface area (Å²) < 4.78 is 16.8. The molecular formula is C16H23NO4. The topological polar surface area (TPSA) is 60.8 Å². The number of hydrogen-bond acceptors (Lipinski definition) is 5. The van der Waals surface area contributed by atoms with E-state index in [1.807, 2.05) is 19.1 Å². The molecule has 1 N–H and O–H groups in total. The molecule has 0 radical (unpaired) electrons. The van der Waals surface area contributed by atoms with Crippen LogP contribution >= 0.6 is 0 Å². The quantitative estimate of drug-likeness (QED) is 0.924. The zero-order chi connectivity index (χ0) is 14.8. The lowest BCUT2D eigenvalue weighted by molar-refractivity contribution is -0.191. The van der Waals surface area contributed by atoms with Crippen LogP contribution in [-0.4, -0.2) is 42.1 Å². The number of pyridine rings is 1. The summed E-state index contributed by atoms with van der Waals surface area (Å²) >= 11 is 0. The molecule has 1 aromatic rings. The predicted molar refractivity (Wildman–Crippen MR) is 77.3 cm³/mol. The van der Waals surface area contributed by atoms with E-state index in [2.05, 4.69) is 4.98 Å². The van der Waals surface area contributed by atoms with Crippen molar-refractivity contribution in [3.8, 4) is 5.88 Å². The van der Waals surface area contributed by atoms with Gasteiger partial charge in [-0.2, -0.15) is 0 Å². The molecule has 1 aliphatic heterocycles. The molecule has 0 amide bonds. The standard InChI is InChI=1S/C16H23NO4/c1-2-20-14-4-3-13(11-17-14)16(18)7-5-15(6-8-16)12-19-9-10-21-15/h3-4,11,18H,2,5-10,12H2,1H3. The maximum atomic E-state index is 10.9. The van der Waals surface area contributed by atoms with Crippen molar-refractivity contribution in [2.45, 2.75) is 43.8 Å². The Morgan fingerprint density at radius 2 is 2.05 bits per heavy atom. The number of nitrogens with zero attached hydrogens (tertiary/aromatic N) is 1. The van der Waals surface area contributed by atoms with Gasteiger partial charge in [-0.05, 0) is 38.7 Å². The van der Waals surface area contributed by atoms with Gasteiger partial charge in [0.2, 0.25) is 5.88 Å². The van der Waals surface area contributed by atoms with Crippen molar-refractivity contribution in [3.63, 3.8) is 0 Å². The Labute approximate surface area is 125 Å². The predicted octanol–water partition coefficient (Wildman–Crippen LogP) is 2.03. The number of ether oxygens (including phenoxy) is 3. The van der Waals surface area contributed by atoms with Gasteiger partial charge in [0.15, 0.2) is 0 Å². The van der Waals surface area contributed by atoms with E-state index in [4.69, 9.17) is 14.2 Å². The second-order valence-electron chi connectivity index (χ2n) is 5.93. The summed E-state index contributed by atoms with van der Waals surface area (Å²) in [5.41, 5.74) is -0.148. The average molecular weight is 293 g/mol. The summed E-state index contributed by atoms with van der Waals surface area (Å²) in [5, 5.41) is 10.9. The third-order valence-corrected chi connectivity index (χ3v) is 4.56. The van der Waals surface area contributed by atoms with Crippen LogP contribution in [0.2, 0.25) is 0 Å². The molecule has 0 unspecified atom stereocenters. The van der Waals surface area contributed by atoms with E-state index in [9.17, 15) is 5.11 Å². The summed E-state index contributed by atoms with van der Waals surface area (Å²) in [4.78, 5) is 4.25. The van der Waals surface area contributed by atoms with Gasteiger partial charge in [0.25, 0.3) is 0 Å². The molecule has 5 nitrogen and oxygen atoms in total. The summed E-state index contributed by atoms with van der Waals surface area (Å²) in [6, 6.07) is 3.73. The van der Waals surface area contributed by atoms with Crippen LogP contribution in [0.1, 0.15) is 38.2 Å². The molecule has 1 saturated heterocycles. The van der Waals surface area contributed by atoms with Crippen molar-refractivity contribution < 1.29 is 19.3 Å². The Kier molecular flexibility index (Phi) is 4.15. The molecule has 2 aliphatic rings. The lowest BCUT2D eigenvalue weighted by Gasteiger charge is -2.45. The molecule has 3 rings (SSSR count). The van der Waals surface area contributed by atoms with Crippen LogP contribution in [0.25, 0.3) is 0 Å². The zero-order valence-corrected chi connectivity index (χ0v) is 12.5. The van der Waals surface area contributed by atoms with Crippen LogP contribution < -0.4 is 4.74 Å². The first kappa shape index (κ1) is 14.8. The molecule has 116 valence electrons. The highest BCUT2D eigenvalue weighted by molar-refractivity contribution is 5.24. The van der Waals surface area contributed by atoms with Crippen LogP contribution in [-0.2, 0) is 15.1 Å². The molecule has 1 aromatic heterocycles. The highest BCUT2D eigenvalue weighted by Crippen LogP contribution is 2.43. The van der Waals surface area contributed by atoms with Crippen LogP contribution in [0.3, 0.4) is 0 Å². The Morgan fingerprint density at radius 3 is 2.62 bits per heavy atom. The van der Waals surface area contributed by atoms with Crippen LogP contribution in [0, 0.1) is 0 Å². The number of aromatic nitrogens is 1. The van der Waals surface area contributed by atoms with Crippen molar-refractivity contribution in [2.75, 3.05) is 26.4 Å². The number of rotatable bonds is 3. The largest absolute Gasteiger partial charge is 0.478 e. The minimum Gasteiger partial charge on any atom is -0.478 e. The van der Waals surface area contributed by atoms with E-state index in [0.717, 1.165) is 18.4 Å². The molecule has 1 spiro atoms. The van der Waals surface area contributed by atoms with Crippen LogP contribution in [0.5, 0.6) is 5.88 Å². The van der Waals surface area contributed by atoms with Gasteiger partial charge in [-0.1, -0.05) is 0 Å². The fourth-order valence-electron chi connectivity index (χ4n) is 3.20. The Hall–Kier alpha value is -1.17. The lowest BCUT2D eigenvalue weighted by Crippen LogP contribution is -2.49. The van der Waals surface area contributed by atoms with Gasteiger partial charge in [-0.15, -0.1) is 0 Å². The Balaban J connectivity index is 1.68. The Morgan fingerprint density at radius 1 is 1.24 bits per heavy atom. The minimum atomic E-state index is -0.816. The lowest BCUT2D eigenvalue weighted by atomic mass is 9.73. The molecule has 0 bridgehead atoms. The van der Waals surface area contributed by atoms with Gasteiger partial charge in [-0.3, -0.25) is 0 Å². The first-order valence-electron chi connectivity index (χ1n) is 7.69. The second kappa shape index (κ2) is 5.91. The van der Waals surface area contributed by atoms with Crippen LogP contribution in [0.4, 0.5) is 0 Å². The van der Waals surface area contributed by atoms with Crippen molar-refractivity contribution >= 4 is 0 Å². The molecular weight excluding hydrogens is 270 g/mol. The first-order chi connectivity index (χ1) is 10.2. The van der Waals surface area contributed by atoms with Gasteiger partial charge in [0.05, 0.1) is 37.6 Å². The fraction of sp³-hybridized carbons (Fsp3) is 0.688. The molecule has 21 heavy (non-hydrogen) atoms. The monoisotopic (exact) mass is 293 g/mol. The SMILES string of the molecule is CCOc1ccc(C2(O)CCC3(CC2)COCCO3)cn1. The second-order valence-corrected chi connectivity index (χ2v) is 5.93. The maximum Gasteiger partial charge on any atom is 0.213 e. The molecule has 5 heteroatoms. The molecule has 1 saturated carbocycles. The van der Waals surface area contributed by atoms with E-state index in [0.29, 0.717) is 45.1 Å². The molecule has 2 fully saturated rings. The summed E-state index contributed by atoms with van der Waals surface area (Å²) in [5.74, 6) is 0.598. The van der Waals surface area contributed by atoms with E-state index < -0.39 is 5.60 Å². The van der Waals surface area contributed by atoms with Crippen LogP contribution in [0.15, 0.2) is 18.3 Å². The highest BCUT2D eigenvalue weighted by atomic mass is 16.6. The van der Waals surface area contributed by atoms with E-state index >= 15 is 0 Å². The zero-order valence-electron chi connectivity index (χ0n) is 12.5. The molecule has 2 heterocycles. The first-order valence-corrected chi connectivity index (χ1v) is 7.69. The van der Waals surface area contributed by atoms with Gasteiger partial charge >= 0.3 is 0 Å². The van der Waals surface area contributed by atoms with Crippen molar-refractivity contribution in [1.29, 1.82) is 0 Å². The summed E-state index contributed by atoms with van der Waals surface area (Å²) in [6.07, 6.45) is 4.70. The number of hydrogen-bond donors (Lipinski definition) is 1. The Bertz CT molecular complexity index is 458. The summed E-state index contributed by atoms with van der Waals surface area (Å²) in [6.45, 7) is 4.49. The minimum absolute atomic E-state index is 0.191. The summed E-state index contributed by atoms with van der Waals surface area (Å²) in [7, 11) is 0. The van der Waals surface area contributed by atoms with E-state index in [1.54, 1.807) is 6.20 Å². The third kappa shape index (κ3) is 3.05. The molecule has 0 aromatic carbocycles. The van der Waals surface area contributed by atoms with E-state index in [1.165, 1.54) is 0 Å². The fourth-order valence-corrected chi connectivity index (χ4v) is 3.20. The van der Waals surface area contributed by atoms with Gasteiger partial charge in [-0.25, -0.2) is 4.98 Å². The maximum absolute atomic E-state index is 10.9. The normalized spacial score (nSPS) is 33.0. The smallest absolute Gasteiger partial charge is 0.213 e. The van der Waals surface area contributed by atoms with Crippen molar-refractivity contribution in [1.82, 2.24) is 4.98 Å². The van der Waals surface area contributed by atoms with Gasteiger partial charge < -0.3 is 19.3 Å². The highest BCUT2D eigenvalue weighted by Gasteiger charge is 2.44.